The van der Waals surface area contributed by atoms with Gasteiger partial charge in [0.05, 0.1) is 18.9 Å². The minimum Gasteiger partial charge on any atom is -0.378 e. The van der Waals surface area contributed by atoms with Gasteiger partial charge in [0, 0.05) is 43.3 Å². The number of carbonyl (C=O) groups is 1. The Kier molecular flexibility index (Phi) is 4.05. The Morgan fingerprint density at radius 3 is 2.78 bits per heavy atom. The molecule has 2 aromatic rings. The number of hydrogen-bond acceptors (Lipinski definition) is 5. The summed E-state index contributed by atoms with van der Waals surface area (Å²) in [5.41, 5.74) is 2.55. The van der Waals surface area contributed by atoms with Gasteiger partial charge < -0.3 is 19.5 Å². The van der Waals surface area contributed by atoms with Crippen LogP contribution in [0.3, 0.4) is 0 Å². The van der Waals surface area contributed by atoms with Crippen molar-refractivity contribution in [2.45, 2.75) is 12.8 Å². The van der Waals surface area contributed by atoms with Crippen molar-refractivity contribution in [1.82, 2.24) is 14.9 Å². The molecule has 6 nitrogen and oxygen atoms in total. The highest BCUT2D eigenvalue weighted by molar-refractivity contribution is 7.14. The predicted octanol–water partition coefficient (Wildman–Crippen LogP) is 2.21. The third-order valence-corrected chi connectivity index (χ3v) is 5.28. The van der Waals surface area contributed by atoms with Gasteiger partial charge in [-0.2, -0.15) is 0 Å². The van der Waals surface area contributed by atoms with Crippen LogP contribution >= 0.6 is 11.3 Å². The van der Waals surface area contributed by atoms with Crippen LogP contribution in [0.5, 0.6) is 0 Å². The zero-order valence-corrected chi connectivity index (χ0v) is 13.8. The number of hydrogen-bond donors (Lipinski definition) is 1. The third-order valence-electron chi connectivity index (χ3n) is 4.38. The van der Waals surface area contributed by atoms with Crippen molar-refractivity contribution in [2.75, 3.05) is 44.3 Å². The van der Waals surface area contributed by atoms with Gasteiger partial charge in [0.25, 0.3) is 5.91 Å². The lowest BCUT2D eigenvalue weighted by molar-refractivity contribution is 0.0787. The monoisotopic (exact) mass is 332 g/mol. The summed E-state index contributed by atoms with van der Waals surface area (Å²) >= 11 is 1.64. The van der Waals surface area contributed by atoms with Gasteiger partial charge in [-0.05, 0) is 18.9 Å². The van der Waals surface area contributed by atoms with Crippen molar-refractivity contribution >= 4 is 22.4 Å². The molecule has 2 aromatic heterocycles. The van der Waals surface area contributed by atoms with E-state index in [1.165, 1.54) is 0 Å². The molecule has 7 heteroatoms. The van der Waals surface area contributed by atoms with Crippen molar-refractivity contribution < 1.29 is 9.53 Å². The maximum atomic E-state index is 12.4. The number of carbonyl (C=O) groups excluding carboxylic acids is 1. The van der Waals surface area contributed by atoms with Crippen LogP contribution in [0.15, 0.2) is 17.6 Å². The molecule has 2 saturated heterocycles. The Morgan fingerprint density at radius 1 is 1.22 bits per heavy atom. The average Bonchev–Trinajstić information content (AvgIpc) is 3.35. The summed E-state index contributed by atoms with van der Waals surface area (Å²) in [6.07, 6.45) is 4.09. The molecule has 4 heterocycles. The van der Waals surface area contributed by atoms with Crippen molar-refractivity contribution in [2.24, 2.45) is 0 Å². The molecule has 0 bridgehead atoms. The van der Waals surface area contributed by atoms with E-state index in [4.69, 9.17) is 9.72 Å². The summed E-state index contributed by atoms with van der Waals surface area (Å²) < 4.78 is 5.38. The van der Waals surface area contributed by atoms with Crippen molar-refractivity contribution in [3.8, 4) is 11.3 Å². The molecule has 2 aliphatic rings. The van der Waals surface area contributed by atoms with Gasteiger partial charge in [0.1, 0.15) is 5.69 Å². The number of H-pyrrole nitrogens is 1. The smallest absolute Gasteiger partial charge is 0.270 e. The topological polar surface area (TPSA) is 61.5 Å². The fraction of sp³-hybridized carbons (Fsp3) is 0.500. The highest BCUT2D eigenvalue weighted by Crippen LogP contribution is 2.28. The molecule has 0 unspecified atom stereocenters. The first-order valence-electron chi connectivity index (χ1n) is 8.07. The number of rotatable bonds is 3. The third kappa shape index (κ3) is 2.98. The molecule has 2 fully saturated rings. The zero-order chi connectivity index (χ0) is 15.6. The Morgan fingerprint density at radius 2 is 2.00 bits per heavy atom. The van der Waals surface area contributed by atoms with E-state index >= 15 is 0 Å². The molecule has 122 valence electrons. The Balaban J connectivity index is 1.50. The maximum absolute atomic E-state index is 12.4. The number of nitrogens with zero attached hydrogens (tertiary/aromatic N) is 3. The summed E-state index contributed by atoms with van der Waals surface area (Å²) in [7, 11) is 0. The number of amides is 1. The van der Waals surface area contributed by atoms with E-state index in [9.17, 15) is 4.79 Å². The zero-order valence-electron chi connectivity index (χ0n) is 13.0. The average molecular weight is 332 g/mol. The molecule has 0 aliphatic carbocycles. The standard InChI is InChI=1S/C16H20N4O2S/c21-15(19-3-1-2-4-19)13-9-12(10-17-13)14-11-23-16(18-14)20-5-7-22-8-6-20/h9-11,17H,1-8H2. The molecule has 1 N–H and O–H groups in total. The second-order valence-electron chi connectivity index (χ2n) is 5.92. The second-order valence-corrected chi connectivity index (χ2v) is 6.75. The predicted molar refractivity (Wildman–Crippen MR) is 90.1 cm³/mol. The lowest BCUT2D eigenvalue weighted by Crippen LogP contribution is -2.36. The number of ether oxygens (including phenoxy) is 1. The fourth-order valence-electron chi connectivity index (χ4n) is 3.05. The highest BCUT2D eigenvalue weighted by Gasteiger charge is 2.21. The summed E-state index contributed by atoms with van der Waals surface area (Å²) in [6.45, 7) is 5.02. The molecular formula is C16H20N4O2S. The minimum absolute atomic E-state index is 0.0948. The fourth-order valence-corrected chi connectivity index (χ4v) is 3.94. The van der Waals surface area contributed by atoms with E-state index < -0.39 is 0 Å². The van der Waals surface area contributed by atoms with Crippen LogP contribution in [0.25, 0.3) is 11.3 Å². The maximum Gasteiger partial charge on any atom is 0.270 e. The Bertz CT molecular complexity index is 684. The Labute approximate surface area is 139 Å². The number of aromatic amines is 1. The first-order chi connectivity index (χ1) is 11.3. The van der Waals surface area contributed by atoms with Crippen LogP contribution in [0.2, 0.25) is 0 Å². The highest BCUT2D eigenvalue weighted by atomic mass is 32.1. The number of aromatic nitrogens is 2. The van der Waals surface area contributed by atoms with Gasteiger partial charge in [-0.3, -0.25) is 4.79 Å². The van der Waals surface area contributed by atoms with E-state index in [0.29, 0.717) is 5.69 Å². The number of anilines is 1. The molecular weight excluding hydrogens is 312 g/mol. The van der Waals surface area contributed by atoms with E-state index in [1.807, 2.05) is 17.2 Å². The minimum atomic E-state index is 0.0948. The van der Waals surface area contributed by atoms with Gasteiger partial charge in [0.15, 0.2) is 5.13 Å². The molecule has 1 amide bonds. The van der Waals surface area contributed by atoms with Crippen LogP contribution in [0.4, 0.5) is 5.13 Å². The van der Waals surface area contributed by atoms with E-state index in [0.717, 1.165) is 68.6 Å². The number of thiazole rings is 1. The Hall–Kier alpha value is -1.86. The van der Waals surface area contributed by atoms with E-state index in [-0.39, 0.29) is 5.91 Å². The number of morpholine rings is 1. The van der Waals surface area contributed by atoms with Crippen LogP contribution in [0, 0.1) is 0 Å². The van der Waals surface area contributed by atoms with Gasteiger partial charge in [-0.25, -0.2) is 4.98 Å². The molecule has 0 saturated carbocycles. The lowest BCUT2D eigenvalue weighted by Gasteiger charge is -2.25. The first-order valence-corrected chi connectivity index (χ1v) is 8.95. The van der Waals surface area contributed by atoms with Crippen LogP contribution in [-0.2, 0) is 4.74 Å². The van der Waals surface area contributed by atoms with Crippen LogP contribution in [0.1, 0.15) is 23.3 Å². The van der Waals surface area contributed by atoms with Crippen LogP contribution in [-0.4, -0.2) is 60.2 Å². The quantitative estimate of drug-likeness (QED) is 0.936. The number of likely N-dealkylation sites (tertiary alicyclic amines) is 1. The van der Waals surface area contributed by atoms with Gasteiger partial charge in [0.2, 0.25) is 0 Å². The summed E-state index contributed by atoms with van der Waals surface area (Å²) in [5, 5.41) is 3.08. The van der Waals surface area contributed by atoms with Crippen molar-refractivity contribution in [3.05, 3.63) is 23.3 Å². The van der Waals surface area contributed by atoms with Gasteiger partial charge in [-0.15, -0.1) is 11.3 Å². The largest absolute Gasteiger partial charge is 0.378 e. The second kappa shape index (κ2) is 6.33. The lowest BCUT2D eigenvalue weighted by atomic mass is 10.2. The van der Waals surface area contributed by atoms with E-state index in [2.05, 4.69) is 15.3 Å². The summed E-state index contributed by atoms with van der Waals surface area (Å²) in [6, 6.07) is 1.92. The molecule has 2 aliphatic heterocycles. The van der Waals surface area contributed by atoms with Gasteiger partial charge >= 0.3 is 0 Å². The number of nitrogens with one attached hydrogen (secondary N) is 1. The van der Waals surface area contributed by atoms with E-state index in [1.54, 1.807) is 11.3 Å². The van der Waals surface area contributed by atoms with Gasteiger partial charge in [-0.1, -0.05) is 0 Å². The van der Waals surface area contributed by atoms with Crippen molar-refractivity contribution in [1.29, 1.82) is 0 Å². The molecule has 0 atom stereocenters. The van der Waals surface area contributed by atoms with Crippen molar-refractivity contribution in [3.63, 3.8) is 0 Å². The summed E-state index contributed by atoms with van der Waals surface area (Å²) in [5.74, 6) is 0.0948. The molecule has 4 rings (SSSR count). The molecule has 0 radical (unpaired) electrons. The molecule has 0 spiro atoms. The molecule has 0 aromatic carbocycles. The normalized spacial score (nSPS) is 18.6. The molecule has 23 heavy (non-hydrogen) atoms. The van der Waals surface area contributed by atoms with Crippen LogP contribution < -0.4 is 4.90 Å². The first kappa shape index (κ1) is 14.7. The SMILES string of the molecule is O=C(c1cc(-c2csc(N3CCOCC3)n2)c[nH]1)N1CCCC1. The summed E-state index contributed by atoms with van der Waals surface area (Å²) in [4.78, 5) is 24.4.